The van der Waals surface area contributed by atoms with Crippen LogP contribution in [0.2, 0.25) is 0 Å². The molecule has 0 bridgehead atoms. The molecular weight excluding hydrogens is 464 g/mol. The lowest BCUT2D eigenvalue weighted by molar-refractivity contribution is -0.157. The minimum atomic E-state index is -0.794. The number of carbonyl (C=O) groups excluding carboxylic acids is 2. The number of methoxy groups -OCH3 is 2. The Morgan fingerprint density at radius 2 is 1.08 bits per heavy atom. The molecule has 2 heterocycles. The Hall–Kier alpha value is -3.62. The Kier molecular flexibility index (Phi) is 9.27. The number of hydrogen-bond donors (Lipinski definition) is 0. The van der Waals surface area contributed by atoms with E-state index in [0.717, 1.165) is 22.3 Å². The van der Waals surface area contributed by atoms with Crippen LogP contribution in [0.5, 0.6) is 11.5 Å². The quantitative estimate of drug-likeness (QED) is 0.553. The summed E-state index contributed by atoms with van der Waals surface area (Å²) in [6.07, 6.45) is -2.62. The molecule has 36 heavy (non-hydrogen) atoms. The molecule has 0 fully saturated rings. The Bertz CT molecular complexity index is 1020. The number of esters is 2. The van der Waals surface area contributed by atoms with Crippen LogP contribution in [0.3, 0.4) is 0 Å². The number of benzene rings is 2. The van der Waals surface area contributed by atoms with E-state index in [-0.39, 0.29) is 0 Å². The molecule has 192 valence electrons. The first-order valence-electron chi connectivity index (χ1n) is 11.7. The van der Waals surface area contributed by atoms with E-state index in [9.17, 15) is 9.59 Å². The zero-order valence-corrected chi connectivity index (χ0v) is 21.0. The van der Waals surface area contributed by atoms with Gasteiger partial charge in [-0.2, -0.15) is 0 Å². The fourth-order valence-corrected chi connectivity index (χ4v) is 4.06. The first-order valence-corrected chi connectivity index (χ1v) is 11.7. The van der Waals surface area contributed by atoms with Gasteiger partial charge < -0.3 is 28.4 Å². The first kappa shape index (κ1) is 27.0. The maximum absolute atomic E-state index is 11.9. The van der Waals surface area contributed by atoms with Gasteiger partial charge >= 0.3 is 11.9 Å². The second kappa shape index (κ2) is 12.4. The van der Waals surface area contributed by atoms with Gasteiger partial charge in [-0.15, -0.1) is 0 Å². The SMILES string of the molecule is C=C1c2ccccc2O[C@H](C(=O)OCC)[C@@H]1OC.C=C1c2ccccc2O[C@H](C(=O)OCC)[C@H]1OC. The number of ether oxygens (including phenoxy) is 6. The van der Waals surface area contributed by atoms with Crippen molar-refractivity contribution >= 4 is 23.1 Å². The van der Waals surface area contributed by atoms with Gasteiger partial charge in [0, 0.05) is 25.3 Å². The van der Waals surface area contributed by atoms with Crippen molar-refractivity contribution < 1.29 is 38.0 Å². The van der Waals surface area contributed by atoms with Crippen molar-refractivity contribution in [3.8, 4) is 11.5 Å². The molecule has 2 aromatic rings. The Morgan fingerprint density at radius 3 is 1.42 bits per heavy atom. The van der Waals surface area contributed by atoms with Gasteiger partial charge in [-0.25, -0.2) is 9.59 Å². The number of para-hydroxylation sites is 2. The summed E-state index contributed by atoms with van der Waals surface area (Å²) in [5, 5.41) is 0. The van der Waals surface area contributed by atoms with E-state index in [1.54, 1.807) is 26.0 Å². The average molecular weight is 497 g/mol. The van der Waals surface area contributed by atoms with Gasteiger partial charge in [-0.05, 0) is 37.1 Å². The third-order valence-corrected chi connectivity index (χ3v) is 5.76. The van der Waals surface area contributed by atoms with E-state index in [0.29, 0.717) is 24.7 Å². The Labute approximate surface area is 211 Å². The number of hydrogen-bond acceptors (Lipinski definition) is 8. The van der Waals surface area contributed by atoms with Gasteiger partial charge in [0.05, 0.1) is 13.2 Å². The molecule has 0 saturated carbocycles. The molecule has 8 heteroatoms. The maximum Gasteiger partial charge on any atom is 0.350 e. The first-order chi connectivity index (χ1) is 17.4. The Morgan fingerprint density at radius 1 is 0.722 bits per heavy atom. The van der Waals surface area contributed by atoms with E-state index in [4.69, 9.17) is 28.4 Å². The lowest BCUT2D eigenvalue weighted by atomic mass is 9.94. The van der Waals surface area contributed by atoms with Crippen molar-refractivity contribution in [3.63, 3.8) is 0 Å². The van der Waals surface area contributed by atoms with Gasteiger partial charge in [-0.3, -0.25) is 0 Å². The van der Waals surface area contributed by atoms with Crippen molar-refractivity contribution in [1.82, 2.24) is 0 Å². The molecule has 0 radical (unpaired) electrons. The smallest absolute Gasteiger partial charge is 0.350 e. The van der Waals surface area contributed by atoms with Crippen molar-refractivity contribution in [3.05, 3.63) is 72.8 Å². The molecule has 0 amide bonds. The predicted octanol–water partition coefficient (Wildman–Crippen LogP) is 4.08. The predicted molar refractivity (Wildman–Crippen MR) is 135 cm³/mol. The third-order valence-electron chi connectivity index (χ3n) is 5.76. The van der Waals surface area contributed by atoms with Crippen molar-refractivity contribution in [2.45, 2.75) is 38.3 Å². The standard InChI is InChI=1S/2C14H16O4/c2*1-4-17-14(15)13-12(16-3)9(2)10-7-5-6-8-11(10)18-13/h2*5-8,12-13H,2,4H2,1,3H3/t12-,13+;12-,13-/m10/s1. The van der Waals surface area contributed by atoms with Gasteiger partial charge in [0.25, 0.3) is 0 Å². The molecule has 0 saturated heterocycles. The summed E-state index contributed by atoms with van der Waals surface area (Å²) < 4.78 is 31.9. The van der Waals surface area contributed by atoms with Crippen molar-refractivity contribution in [2.75, 3.05) is 27.4 Å². The molecular formula is C28H32O8. The molecule has 0 aliphatic carbocycles. The monoisotopic (exact) mass is 496 g/mol. The highest BCUT2D eigenvalue weighted by molar-refractivity contribution is 5.85. The van der Waals surface area contributed by atoms with Crippen molar-refractivity contribution in [1.29, 1.82) is 0 Å². The molecule has 2 aliphatic heterocycles. The normalized spacial score (nSPS) is 22.0. The van der Waals surface area contributed by atoms with Crippen molar-refractivity contribution in [2.24, 2.45) is 0 Å². The summed E-state index contributed by atoms with van der Waals surface area (Å²) in [5.41, 5.74) is 3.20. The summed E-state index contributed by atoms with van der Waals surface area (Å²) >= 11 is 0. The molecule has 0 N–H and O–H groups in total. The van der Waals surface area contributed by atoms with Crippen LogP contribution in [-0.2, 0) is 28.5 Å². The van der Waals surface area contributed by atoms with Gasteiger partial charge in [-0.1, -0.05) is 49.6 Å². The molecule has 8 nitrogen and oxygen atoms in total. The fourth-order valence-electron chi connectivity index (χ4n) is 4.06. The van der Waals surface area contributed by atoms with Crippen LogP contribution in [0.25, 0.3) is 11.1 Å². The van der Waals surface area contributed by atoms with Crippen LogP contribution in [0, 0.1) is 0 Å². The fraction of sp³-hybridized carbons (Fsp3) is 0.357. The topological polar surface area (TPSA) is 89.5 Å². The molecule has 0 aromatic heterocycles. The van der Waals surface area contributed by atoms with Gasteiger partial charge in [0.1, 0.15) is 23.7 Å². The molecule has 4 rings (SSSR count). The van der Waals surface area contributed by atoms with Crippen LogP contribution in [0.4, 0.5) is 0 Å². The third kappa shape index (κ3) is 5.61. The Balaban J connectivity index is 0.000000201. The lowest BCUT2D eigenvalue weighted by Gasteiger charge is -2.32. The summed E-state index contributed by atoms with van der Waals surface area (Å²) in [5.74, 6) is 0.405. The summed E-state index contributed by atoms with van der Waals surface area (Å²) in [7, 11) is 3.05. The highest BCUT2D eigenvalue weighted by Crippen LogP contribution is 2.37. The van der Waals surface area contributed by atoms with E-state index in [1.165, 1.54) is 14.2 Å². The zero-order valence-electron chi connectivity index (χ0n) is 21.0. The second-order valence-corrected chi connectivity index (χ2v) is 7.94. The molecule has 0 spiro atoms. The van der Waals surface area contributed by atoms with E-state index >= 15 is 0 Å². The number of fused-ring (bicyclic) bond motifs is 2. The van der Waals surface area contributed by atoms with Crippen LogP contribution in [0.15, 0.2) is 61.7 Å². The van der Waals surface area contributed by atoms with Gasteiger partial charge in [0.15, 0.2) is 0 Å². The van der Waals surface area contributed by atoms with E-state index in [2.05, 4.69) is 13.2 Å². The van der Waals surface area contributed by atoms with Crippen LogP contribution < -0.4 is 9.47 Å². The van der Waals surface area contributed by atoms with E-state index < -0.39 is 36.4 Å². The number of rotatable bonds is 6. The minimum Gasteiger partial charge on any atom is -0.475 e. The van der Waals surface area contributed by atoms with E-state index in [1.807, 2.05) is 36.4 Å². The maximum atomic E-state index is 11.9. The minimum absolute atomic E-state index is 0.309. The largest absolute Gasteiger partial charge is 0.475 e. The van der Waals surface area contributed by atoms with Crippen LogP contribution in [-0.4, -0.2) is 63.8 Å². The summed E-state index contributed by atoms with van der Waals surface area (Å²) in [6, 6.07) is 14.9. The molecule has 2 aromatic carbocycles. The zero-order chi connectivity index (χ0) is 26.2. The molecule has 0 unspecified atom stereocenters. The summed E-state index contributed by atoms with van der Waals surface area (Å²) in [6.45, 7) is 12.1. The summed E-state index contributed by atoms with van der Waals surface area (Å²) in [4.78, 5) is 23.7. The molecule has 4 atom stereocenters. The highest BCUT2D eigenvalue weighted by atomic mass is 16.6. The van der Waals surface area contributed by atoms with Crippen LogP contribution >= 0.6 is 0 Å². The highest BCUT2D eigenvalue weighted by Gasteiger charge is 2.40. The van der Waals surface area contributed by atoms with Gasteiger partial charge in [0.2, 0.25) is 12.2 Å². The second-order valence-electron chi connectivity index (χ2n) is 7.94. The molecule has 2 aliphatic rings. The average Bonchev–Trinajstić information content (AvgIpc) is 2.89. The lowest BCUT2D eigenvalue weighted by Crippen LogP contribution is -2.44. The number of carbonyl (C=O) groups is 2. The van der Waals surface area contributed by atoms with Crippen LogP contribution in [0.1, 0.15) is 25.0 Å².